The van der Waals surface area contributed by atoms with Crippen LogP contribution in [0.25, 0.3) is 0 Å². The predicted octanol–water partition coefficient (Wildman–Crippen LogP) is 1.18. The first-order valence-corrected chi connectivity index (χ1v) is 5.26. The summed E-state index contributed by atoms with van der Waals surface area (Å²) in [7, 11) is 0. The van der Waals surface area contributed by atoms with Gasteiger partial charge < -0.3 is 9.47 Å². The van der Waals surface area contributed by atoms with Crippen molar-refractivity contribution in [2.75, 3.05) is 13.2 Å². The second-order valence-corrected chi connectivity index (χ2v) is 2.97. The number of ether oxygens (including phenoxy) is 2. The van der Waals surface area contributed by atoms with Crippen LogP contribution in [0.2, 0.25) is 0 Å². The van der Waals surface area contributed by atoms with Gasteiger partial charge >= 0.3 is 11.9 Å². The molecule has 0 saturated carbocycles. The number of carbonyl (C=O) groups excluding carboxylic acids is 3. The molecule has 0 N–H and O–H groups in total. The average Bonchev–Trinajstić information content (AvgIpc) is 2.24. The molecule has 0 heterocycles. The van der Waals surface area contributed by atoms with Crippen molar-refractivity contribution in [1.29, 1.82) is 0 Å². The summed E-state index contributed by atoms with van der Waals surface area (Å²) in [6.07, 6.45) is 3.65. The Kier molecular flexibility index (Phi) is 7.34. The van der Waals surface area contributed by atoms with Crippen LogP contribution >= 0.6 is 0 Å². The molecule has 0 aliphatic rings. The predicted molar refractivity (Wildman–Crippen MR) is 61.2 cm³/mol. The second kappa shape index (κ2) is 8.27. The summed E-state index contributed by atoms with van der Waals surface area (Å²) in [5, 5.41) is 0. The maximum atomic E-state index is 11.3. The number of hydrogen-bond donors (Lipinski definition) is 0. The lowest BCUT2D eigenvalue weighted by atomic mass is 10.1. The standard InChI is InChI=1S/C12H16O5/c1-4-16-11(14)8-6-7-10(9(3)13)12(15)17-5-2/h6-8H,4-5H2,1-3H3/b8-6-,10-7-. The first kappa shape index (κ1) is 15.1. The second-order valence-electron chi connectivity index (χ2n) is 2.97. The minimum absolute atomic E-state index is 0.104. The maximum absolute atomic E-state index is 11.3. The molecule has 5 heteroatoms. The molecule has 0 atom stereocenters. The van der Waals surface area contributed by atoms with Crippen molar-refractivity contribution in [3.63, 3.8) is 0 Å². The van der Waals surface area contributed by atoms with Crippen molar-refractivity contribution in [2.24, 2.45) is 0 Å². The highest BCUT2D eigenvalue weighted by Gasteiger charge is 2.14. The number of esters is 2. The van der Waals surface area contributed by atoms with Gasteiger partial charge in [-0.2, -0.15) is 0 Å². The fraction of sp³-hybridized carbons (Fsp3) is 0.417. The average molecular weight is 240 g/mol. The summed E-state index contributed by atoms with van der Waals surface area (Å²) in [6.45, 7) is 5.03. The normalized spacial score (nSPS) is 11.4. The van der Waals surface area contributed by atoms with Gasteiger partial charge in [-0.05, 0) is 26.8 Å². The van der Waals surface area contributed by atoms with E-state index in [1.165, 1.54) is 19.1 Å². The van der Waals surface area contributed by atoms with Gasteiger partial charge in [-0.15, -0.1) is 0 Å². The summed E-state index contributed by atoms with van der Waals surface area (Å²) >= 11 is 0. The lowest BCUT2D eigenvalue weighted by molar-refractivity contribution is -0.140. The Morgan fingerprint density at radius 3 is 2.12 bits per heavy atom. The van der Waals surface area contributed by atoms with Gasteiger partial charge in [-0.1, -0.05) is 6.08 Å². The first-order chi connectivity index (χ1) is 8.02. The molecular formula is C12H16O5. The zero-order valence-electron chi connectivity index (χ0n) is 10.2. The van der Waals surface area contributed by atoms with E-state index in [2.05, 4.69) is 4.74 Å². The van der Waals surface area contributed by atoms with Gasteiger partial charge in [0.1, 0.15) is 5.57 Å². The molecule has 0 bridgehead atoms. The molecule has 17 heavy (non-hydrogen) atoms. The van der Waals surface area contributed by atoms with Gasteiger partial charge in [0, 0.05) is 6.08 Å². The number of hydrogen-bond acceptors (Lipinski definition) is 5. The van der Waals surface area contributed by atoms with Gasteiger partial charge in [0.25, 0.3) is 0 Å². The van der Waals surface area contributed by atoms with Gasteiger partial charge in [-0.3, -0.25) is 4.79 Å². The molecule has 0 radical (unpaired) electrons. The van der Waals surface area contributed by atoms with E-state index in [0.717, 1.165) is 6.08 Å². The fourth-order valence-corrected chi connectivity index (χ4v) is 0.951. The van der Waals surface area contributed by atoms with Crippen LogP contribution in [0.5, 0.6) is 0 Å². The molecule has 0 aliphatic heterocycles. The van der Waals surface area contributed by atoms with Crippen molar-refractivity contribution in [1.82, 2.24) is 0 Å². The highest BCUT2D eigenvalue weighted by molar-refractivity contribution is 6.16. The van der Waals surface area contributed by atoms with Crippen LogP contribution in [0.3, 0.4) is 0 Å². The van der Waals surface area contributed by atoms with Crippen LogP contribution in [0, 0.1) is 0 Å². The van der Waals surface area contributed by atoms with E-state index >= 15 is 0 Å². The minimum atomic E-state index is -0.700. The molecule has 5 nitrogen and oxygen atoms in total. The Balaban J connectivity index is 4.67. The number of carbonyl (C=O) groups is 3. The SMILES string of the molecule is CCOC(=O)/C=C\C=C(\C(C)=O)C(=O)OCC. The molecule has 0 aromatic heterocycles. The van der Waals surface area contributed by atoms with Crippen molar-refractivity contribution < 1.29 is 23.9 Å². The van der Waals surface area contributed by atoms with Gasteiger partial charge in [0.15, 0.2) is 5.78 Å². The van der Waals surface area contributed by atoms with Crippen molar-refractivity contribution in [3.8, 4) is 0 Å². The van der Waals surface area contributed by atoms with Gasteiger partial charge in [0.05, 0.1) is 13.2 Å². The van der Waals surface area contributed by atoms with Gasteiger partial charge in [0.2, 0.25) is 0 Å². The van der Waals surface area contributed by atoms with E-state index in [-0.39, 0.29) is 18.8 Å². The van der Waals surface area contributed by atoms with Crippen LogP contribution in [-0.2, 0) is 23.9 Å². The molecule has 0 rings (SSSR count). The van der Waals surface area contributed by atoms with Crippen LogP contribution < -0.4 is 0 Å². The summed E-state index contributed by atoms with van der Waals surface area (Å²) < 4.78 is 9.33. The fourth-order valence-electron chi connectivity index (χ4n) is 0.951. The van der Waals surface area contributed by atoms with Crippen molar-refractivity contribution in [2.45, 2.75) is 20.8 Å². The molecule has 0 amide bonds. The summed E-state index contributed by atoms with van der Waals surface area (Å²) in [5.41, 5.74) is -0.104. The quantitative estimate of drug-likeness (QED) is 0.229. The Hall–Kier alpha value is -1.91. The van der Waals surface area contributed by atoms with E-state index < -0.39 is 17.7 Å². The van der Waals surface area contributed by atoms with Crippen molar-refractivity contribution >= 4 is 17.7 Å². The lowest BCUT2D eigenvalue weighted by Crippen LogP contribution is -2.13. The van der Waals surface area contributed by atoms with E-state index in [1.54, 1.807) is 13.8 Å². The summed E-state index contributed by atoms with van der Waals surface area (Å²) in [5.74, 6) is -1.65. The highest BCUT2D eigenvalue weighted by atomic mass is 16.5. The molecule has 0 unspecified atom stereocenters. The zero-order valence-corrected chi connectivity index (χ0v) is 10.2. The number of ketones is 1. The van der Waals surface area contributed by atoms with E-state index in [4.69, 9.17) is 4.74 Å². The Bertz CT molecular complexity index is 352. The molecule has 0 spiro atoms. The van der Waals surface area contributed by atoms with Crippen LogP contribution in [0.4, 0.5) is 0 Å². The first-order valence-electron chi connectivity index (χ1n) is 5.26. The molecular weight excluding hydrogens is 224 g/mol. The third kappa shape index (κ3) is 6.29. The smallest absolute Gasteiger partial charge is 0.341 e. The Morgan fingerprint density at radius 2 is 1.65 bits per heavy atom. The summed E-state index contributed by atoms with van der Waals surface area (Å²) in [4.78, 5) is 33.4. The minimum Gasteiger partial charge on any atom is -0.463 e. The Morgan fingerprint density at radius 1 is 1.06 bits per heavy atom. The molecule has 0 aromatic carbocycles. The third-order valence-electron chi connectivity index (χ3n) is 1.66. The molecule has 0 fully saturated rings. The van der Waals surface area contributed by atoms with Gasteiger partial charge in [-0.25, -0.2) is 9.59 Å². The largest absolute Gasteiger partial charge is 0.463 e. The highest BCUT2D eigenvalue weighted by Crippen LogP contribution is 2.01. The number of rotatable bonds is 6. The molecule has 0 aromatic rings. The number of Topliss-reactive ketones (excluding diaryl/α,β-unsaturated/α-hetero) is 1. The Labute approximate surface area is 100 Å². The topological polar surface area (TPSA) is 69.7 Å². The van der Waals surface area contributed by atoms with Crippen molar-refractivity contribution in [3.05, 3.63) is 23.8 Å². The molecule has 0 saturated heterocycles. The zero-order chi connectivity index (χ0) is 13.3. The summed E-state index contributed by atoms with van der Waals surface area (Å²) in [6, 6.07) is 0. The van der Waals surface area contributed by atoms with Crippen LogP contribution in [0.1, 0.15) is 20.8 Å². The lowest BCUT2D eigenvalue weighted by Gasteiger charge is -2.01. The number of allylic oxidation sites excluding steroid dienone is 2. The van der Waals surface area contributed by atoms with Crippen LogP contribution in [0.15, 0.2) is 23.8 Å². The molecule has 0 aliphatic carbocycles. The maximum Gasteiger partial charge on any atom is 0.341 e. The van der Waals surface area contributed by atoms with E-state index in [9.17, 15) is 14.4 Å². The van der Waals surface area contributed by atoms with E-state index in [1.807, 2.05) is 0 Å². The third-order valence-corrected chi connectivity index (χ3v) is 1.66. The van der Waals surface area contributed by atoms with E-state index in [0.29, 0.717) is 0 Å². The van der Waals surface area contributed by atoms with Crippen LogP contribution in [-0.4, -0.2) is 30.9 Å². The molecule has 94 valence electrons. The monoisotopic (exact) mass is 240 g/mol.